The number of rotatable bonds is 5. The van der Waals surface area contributed by atoms with Crippen molar-refractivity contribution >= 4 is 29.9 Å². The first-order chi connectivity index (χ1) is 11.1. The molecule has 3 N–H and O–H groups in total. The van der Waals surface area contributed by atoms with Crippen molar-refractivity contribution in [2.24, 2.45) is 5.10 Å². The van der Waals surface area contributed by atoms with E-state index in [1.807, 2.05) is 4.90 Å². The van der Waals surface area contributed by atoms with Crippen LogP contribution in [0.15, 0.2) is 21.7 Å². The number of nitrogens with zero attached hydrogens (tertiary/aromatic N) is 6. The molecule has 11 heteroatoms. The number of aromatic nitrogens is 3. The first-order valence-electron chi connectivity index (χ1n) is 6.91. The van der Waals surface area contributed by atoms with Crippen molar-refractivity contribution in [3.05, 3.63) is 28.0 Å². The third-order valence-electron chi connectivity index (χ3n) is 3.18. The second-order valence-electron chi connectivity index (χ2n) is 4.81. The van der Waals surface area contributed by atoms with Crippen LogP contribution in [0.25, 0.3) is 0 Å². The van der Waals surface area contributed by atoms with Crippen LogP contribution in [0.1, 0.15) is 18.6 Å². The topological polar surface area (TPSA) is 149 Å². The zero-order chi connectivity index (χ0) is 16.2. The summed E-state index contributed by atoms with van der Waals surface area (Å²) in [5, 5.41) is 14.4. The van der Waals surface area contributed by atoms with E-state index in [2.05, 4.69) is 25.5 Å². The second-order valence-corrected chi connectivity index (χ2v) is 4.81. The molecule has 0 saturated carbocycles. The van der Waals surface area contributed by atoms with Gasteiger partial charge >= 0.3 is 5.88 Å². The molecule has 0 aromatic carbocycles. The number of anilines is 3. The minimum atomic E-state index is -0.625. The van der Waals surface area contributed by atoms with E-state index >= 15 is 0 Å². The van der Waals surface area contributed by atoms with E-state index in [9.17, 15) is 10.1 Å². The normalized spacial score (nSPS) is 14.5. The van der Waals surface area contributed by atoms with Crippen molar-refractivity contribution in [3.63, 3.8) is 0 Å². The van der Waals surface area contributed by atoms with Gasteiger partial charge in [0.2, 0.25) is 17.8 Å². The average molecular weight is 318 g/mol. The Balaban J connectivity index is 1.69. The summed E-state index contributed by atoms with van der Waals surface area (Å²) in [6.07, 6.45) is 3.45. The summed E-state index contributed by atoms with van der Waals surface area (Å²) >= 11 is 0. The lowest BCUT2D eigenvalue weighted by Gasteiger charge is -2.15. The Labute approximate surface area is 130 Å². The number of furan rings is 1. The fraction of sp³-hybridized carbons (Fsp3) is 0.333. The Bertz CT molecular complexity index is 738. The minimum Gasteiger partial charge on any atom is -0.400 e. The summed E-state index contributed by atoms with van der Waals surface area (Å²) in [5.41, 5.74) is 8.28. The van der Waals surface area contributed by atoms with Gasteiger partial charge in [-0.25, -0.2) is 5.43 Å². The average Bonchev–Trinajstić information content (AvgIpc) is 3.18. The predicted octanol–water partition coefficient (Wildman–Crippen LogP) is 1.00. The first-order valence-corrected chi connectivity index (χ1v) is 6.91. The van der Waals surface area contributed by atoms with Crippen molar-refractivity contribution < 1.29 is 9.34 Å². The number of nitrogens with two attached hydrogens (primary N) is 1. The summed E-state index contributed by atoms with van der Waals surface area (Å²) in [5.74, 6) is 0.657. The Hall–Kier alpha value is -3.24. The smallest absolute Gasteiger partial charge is 0.400 e. The number of hydrogen-bond donors (Lipinski definition) is 2. The van der Waals surface area contributed by atoms with Crippen molar-refractivity contribution in [1.29, 1.82) is 0 Å². The van der Waals surface area contributed by atoms with Crippen LogP contribution in [0.5, 0.6) is 0 Å². The van der Waals surface area contributed by atoms with Crippen molar-refractivity contribution in [2.45, 2.75) is 12.8 Å². The molecule has 1 saturated heterocycles. The maximum absolute atomic E-state index is 10.5. The maximum Gasteiger partial charge on any atom is 0.433 e. The van der Waals surface area contributed by atoms with Gasteiger partial charge in [0.25, 0.3) is 0 Å². The molecule has 11 nitrogen and oxygen atoms in total. The van der Waals surface area contributed by atoms with Gasteiger partial charge in [0.1, 0.15) is 4.92 Å². The van der Waals surface area contributed by atoms with Gasteiger partial charge in [0, 0.05) is 13.1 Å². The van der Waals surface area contributed by atoms with Crippen LogP contribution in [0.3, 0.4) is 0 Å². The lowest BCUT2D eigenvalue weighted by molar-refractivity contribution is -0.402. The van der Waals surface area contributed by atoms with E-state index in [0.29, 0.717) is 5.95 Å². The van der Waals surface area contributed by atoms with Gasteiger partial charge in [-0.15, -0.1) is 0 Å². The Morgan fingerprint density at radius 2 is 2.13 bits per heavy atom. The van der Waals surface area contributed by atoms with Gasteiger partial charge in [0.15, 0.2) is 5.76 Å². The van der Waals surface area contributed by atoms with E-state index in [0.717, 1.165) is 25.9 Å². The lowest BCUT2D eigenvalue weighted by atomic mass is 10.4. The largest absolute Gasteiger partial charge is 0.433 e. The van der Waals surface area contributed by atoms with Gasteiger partial charge in [-0.05, 0) is 18.9 Å². The fourth-order valence-electron chi connectivity index (χ4n) is 2.15. The van der Waals surface area contributed by atoms with E-state index < -0.39 is 4.92 Å². The zero-order valence-electron chi connectivity index (χ0n) is 12.0. The highest BCUT2D eigenvalue weighted by Gasteiger charge is 2.16. The molecule has 0 spiro atoms. The van der Waals surface area contributed by atoms with Crippen LogP contribution in [-0.4, -0.2) is 39.2 Å². The first kappa shape index (κ1) is 14.7. The van der Waals surface area contributed by atoms with Gasteiger partial charge in [-0.1, -0.05) is 0 Å². The standard InChI is InChI=1S/C12H14N8O3/c13-10-15-11(17-12(16-10)19-5-1-2-6-19)18-14-7-8-3-4-9(23-8)20(21)22/h3-4,7H,1-2,5-6H2,(H3,13,15,16,17,18)/b14-7+. The molecule has 0 unspecified atom stereocenters. The number of hydrazone groups is 1. The van der Waals surface area contributed by atoms with Gasteiger partial charge < -0.3 is 15.1 Å². The molecule has 23 heavy (non-hydrogen) atoms. The van der Waals surface area contributed by atoms with Crippen molar-refractivity contribution in [2.75, 3.05) is 29.1 Å². The van der Waals surface area contributed by atoms with E-state index in [4.69, 9.17) is 10.2 Å². The molecule has 0 aliphatic carbocycles. The van der Waals surface area contributed by atoms with E-state index in [1.54, 1.807) is 0 Å². The van der Waals surface area contributed by atoms with Gasteiger partial charge in [-0.2, -0.15) is 20.1 Å². The molecule has 3 heterocycles. The van der Waals surface area contributed by atoms with E-state index in [1.165, 1.54) is 18.3 Å². The summed E-state index contributed by atoms with van der Waals surface area (Å²) in [6, 6.07) is 2.68. The summed E-state index contributed by atoms with van der Waals surface area (Å²) in [6.45, 7) is 1.75. The minimum absolute atomic E-state index is 0.0910. The van der Waals surface area contributed by atoms with Crippen LogP contribution >= 0.6 is 0 Å². The van der Waals surface area contributed by atoms with E-state index in [-0.39, 0.29) is 23.5 Å². The Morgan fingerprint density at radius 3 is 2.83 bits per heavy atom. The Morgan fingerprint density at radius 1 is 1.35 bits per heavy atom. The molecular formula is C12H14N8O3. The number of nitro groups is 1. The van der Waals surface area contributed by atoms with Crippen LogP contribution in [0.4, 0.5) is 23.7 Å². The summed E-state index contributed by atoms with van der Waals surface area (Å²) in [7, 11) is 0. The Kier molecular flexibility index (Phi) is 3.99. The molecule has 0 amide bonds. The van der Waals surface area contributed by atoms with Gasteiger partial charge in [-0.3, -0.25) is 10.1 Å². The van der Waals surface area contributed by atoms with Crippen LogP contribution in [0, 0.1) is 10.1 Å². The third-order valence-corrected chi connectivity index (χ3v) is 3.18. The van der Waals surface area contributed by atoms with Crippen molar-refractivity contribution in [3.8, 4) is 0 Å². The molecule has 1 aliphatic rings. The monoisotopic (exact) mass is 318 g/mol. The quantitative estimate of drug-likeness (QED) is 0.467. The SMILES string of the molecule is Nc1nc(N/N=C/c2ccc([N+](=O)[O-])o2)nc(N2CCCC2)n1. The molecule has 2 aromatic rings. The zero-order valence-corrected chi connectivity index (χ0v) is 12.0. The molecule has 0 radical (unpaired) electrons. The highest BCUT2D eigenvalue weighted by Crippen LogP contribution is 2.18. The number of hydrogen-bond acceptors (Lipinski definition) is 10. The summed E-state index contributed by atoms with van der Waals surface area (Å²) < 4.78 is 4.94. The third kappa shape index (κ3) is 3.51. The second kappa shape index (κ2) is 6.25. The number of nitrogens with one attached hydrogen (secondary N) is 1. The number of nitrogen functional groups attached to an aromatic ring is 1. The molecule has 1 fully saturated rings. The van der Waals surface area contributed by atoms with Crippen LogP contribution < -0.4 is 16.1 Å². The molecule has 0 bridgehead atoms. The van der Waals surface area contributed by atoms with Gasteiger partial charge in [0.05, 0.1) is 12.3 Å². The molecule has 0 atom stereocenters. The van der Waals surface area contributed by atoms with Crippen LogP contribution in [0.2, 0.25) is 0 Å². The molecular weight excluding hydrogens is 304 g/mol. The molecule has 1 aliphatic heterocycles. The summed E-state index contributed by atoms with van der Waals surface area (Å²) in [4.78, 5) is 24.2. The molecule has 2 aromatic heterocycles. The highest BCUT2D eigenvalue weighted by atomic mass is 16.6. The van der Waals surface area contributed by atoms with Crippen molar-refractivity contribution in [1.82, 2.24) is 15.0 Å². The molecule has 120 valence electrons. The predicted molar refractivity (Wildman–Crippen MR) is 82.3 cm³/mol. The van der Waals surface area contributed by atoms with Crippen LogP contribution in [-0.2, 0) is 0 Å². The molecule has 3 rings (SSSR count). The fourth-order valence-corrected chi connectivity index (χ4v) is 2.15. The highest BCUT2D eigenvalue weighted by molar-refractivity contribution is 5.76. The lowest BCUT2D eigenvalue weighted by Crippen LogP contribution is -2.21. The maximum atomic E-state index is 10.5.